The van der Waals surface area contributed by atoms with E-state index in [1.807, 2.05) is 14.2 Å². The molecule has 146 valence electrons. The molecule has 2 nitrogen and oxygen atoms in total. The third-order valence-electron chi connectivity index (χ3n) is 5.86. The zero-order valence-corrected chi connectivity index (χ0v) is 18.3. The number of hydrogen-bond acceptors (Lipinski definition) is 2. The molecule has 0 aliphatic rings. The average Bonchev–Trinajstić information content (AvgIpc) is 2.43. The van der Waals surface area contributed by atoms with Crippen LogP contribution in [0, 0.1) is 22.2 Å². The molecule has 0 heterocycles. The standard InChI is InChI=1S/C22H46O2/c1-10-11-12-13-14-15-16-19(20(2,3)4)22(17-23-8,18-24-9)21(5,6)7/h19H,10-18H2,1-9H3. The maximum Gasteiger partial charge on any atom is 0.0548 e. The molecule has 2 heteroatoms. The van der Waals surface area contributed by atoms with E-state index in [1.165, 1.54) is 44.9 Å². The van der Waals surface area contributed by atoms with Gasteiger partial charge >= 0.3 is 0 Å². The topological polar surface area (TPSA) is 18.5 Å². The Balaban J connectivity index is 5.25. The lowest BCUT2D eigenvalue weighted by atomic mass is 9.53. The Morgan fingerprint density at radius 3 is 1.54 bits per heavy atom. The van der Waals surface area contributed by atoms with Crippen molar-refractivity contribution >= 4 is 0 Å². The van der Waals surface area contributed by atoms with Gasteiger partial charge in [-0.2, -0.15) is 0 Å². The summed E-state index contributed by atoms with van der Waals surface area (Å²) in [5.41, 5.74) is 0.422. The van der Waals surface area contributed by atoms with Crippen molar-refractivity contribution in [1.29, 1.82) is 0 Å². The first-order valence-electron chi connectivity index (χ1n) is 10.0. The lowest BCUT2D eigenvalue weighted by molar-refractivity contribution is -0.131. The van der Waals surface area contributed by atoms with Crippen LogP contribution in [0.2, 0.25) is 0 Å². The molecule has 0 bridgehead atoms. The summed E-state index contributed by atoms with van der Waals surface area (Å²) in [5.74, 6) is 0.580. The molecule has 1 unspecified atom stereocenters. The number of rotatable bonds is 12. The second-order valence-electron chi connectivity index (χ2n) is 9.75. The highest BCUT2D eigenvalue weighted by Gasteiger charge is 2.51. The predicted molar refractivity (Wildman–Crippen MR) is 107 cm³/mol. The van der Waals surface area contributed by atoms with Crippen molar-refractivity contribution in [2.75, 3.05) is 27.4 Å². The molecular formula is C22H46O2. The van der Waals surface area contributed by atoms with Crippen LogP contribution in [0.3, 0.4) is 0 Å². The zero-order chi connectivity index (χ0) is 18.9. The highest BCUT2D eigenvalue weighted by atomic mass is 16.5. The van der Waals surface area contributed by atoms with E-state index >= 15 is 0 Å². The van der Waals surface area contributed by atoms with Gasteiger partial charge in [-0.1, -0.05) is 87.0 Å². The molecule has 0 aromatic carbocycles. The van der Waals surface area contributed by atoms with Crippen molar-refractivity contribution in [2.45, 2.75) is 93.4 Å². The molecule has 0 aromatic heterocycles. The number of hydrogen-bond donors (Lipinski definition) is 0. The number of methoxy groups -OCH3 is 2. The van der Waals surface area contributed by atoms with Crippen LogP contribution in [0.1, 0.15) is 93.4 Å². The summed E-state index contributed by atoms with van der Waals surface area (Å²) < 4.78 is 11.5. The monoisotopic (exact) mass is 342 g/mol. The molecule has 0 aliphatic carbocycles. The molecule has 0 rings (SSSR count). The minimum atomic E-state index is 0.0398. The Labute approximate surface area is 153 Å². The summed E-state index contributed by atoms with van der Waals surface area (Å²) in [5, 5.41) is 0. The third kappa shape index (κ3) is 7.04. The highest BCUT2D eigenvalue weighted by Crippen LogP contribution is 2.53. The molecule has 0 spiro atoms. The molecule has 24 heavy (non-hydrogen) atoms. The van der Waals surface area contributed by atoms with Crippen LogP contribution in [0.4, 0.5) is 0 Å². The molecule has 0 aliphatic heterocycles. The molecule has 0 N–H and O–H groups in total. The molecular weight excluding hydrogens is 296 g/mol. The van der Waals surface area contributed by atoms with Gasteiger partial charge in [0.1, 0.15) is 0 Å². The summed E-state index contributed by atoms with van der Waals surface area (Å²) in [7, 11) is 3.67. The smallest absolute Gasteiger partial charge is 0.0548 e. The van der Waals surface area contributed by atoms with Crippen molar-refractivity contribution in [1.82, 2.24) is 0 Å². The van der Waals surface area contributed by atoms with E-state index in [2.05, 4.69) is 48.5 Å². The SMILES string of the molecule is CCCCCCCCC(C(C)(C)C)C(COC)(COC)C(C)(C)C. The maximum absolute atomic E-state index is 5.74. The van der Waals surface area contributed by atoms with Crippen LogP contribution >= 0.6 is 0 Å². The molecule has 0 aromatic rings. The van der Waals surface area contributed by atoms with Crippen molar-refractivity contribution < 1.29 is 9.47 Å². The lowest BCUT2D eigenvalue weighted by Crippen LogP contribution is -2.53. The van der Waals surface area contributed by atoms with Crippen molar-refractivity contribution in [3.05, 3.63) is 0 Å². The molecule has 0 radical (unpaired) electrons. The molecule has 0 fully saturated rings. The van der Waals surface area contributed by atoms with Crippen LogP contribution in [-0.2, 0) is 9.47 Å². The second-order valence-corrected chi connectivity index (χ2v) is 9.75. The summed E-state index contributed by atoms with van der Waals surface area (Å²) in [6.45, 7) is 18.0. The van der Waals surface area contributed by atoms with Crippen LogP contribution in [0.25, 0.3) is 0 Å². The van der Waals surface area contributed by atoms with Gasteiger partial charge in [0.2, 0.25) is 0 Å². The normalized spacial score (nSPS) is 14.9. The first-order chi connectivity index (χ1) is 11.1. The van der Waals surface area contributed by atoms with Gasteiger partial charge in [-0.25, -0.2) is 0 Å². The zero-order valence-electron chi connectivity index (χ0n) is 18.3. The van der Waals surface area contributed by atoms with Gasteiger partial charge in [-0.15, -0.1) is 0 Å². The maximum atomic E-state index is 5.74. The van der Waals surface area contributed by atoms with Crippen LogP contribution < -0.4 is 0 Å². The van der Waals surface area contributed by atoms with Gasteiger partial charge in [0.25, 0.3) is 0 Å². The molecule has 1 atom stereocenters. The quantitative estimate of drug-likeness (QED) is 0.366. The highest BCUT2D eigenvalue weighted by molar-refractivity contribution is 4.99. The van der Waals surface area contributed by atoms with Crippen molar-refractivity contribution in [3.63, 3.8) is 0 Å². The average molecular weight is 343 g/mol. The predicted octanol–water partition coefficient (Wildman–Crippen LogP) is 6.72. The molecule has 0 saturated heterocycles. The fourth-order valence-electron chi connectivity index (χ4n) is 4.38. The Bertz CT molecular complexity index is 303. The fourth-order valence-corrected chi connectivity index (χ4v) is 4.38. The summed E-state index contributed by atoms with van der Waals surface area (Å²) in [4.78, 5) is 0. The van der Waals surface area contributed by atoms with Crippen LogP contribution in [0.5, 0.6) is 0 Å². The van der Waals surface area contributed by atoms with Crippen molar-refractivity contribution in [3.8, 4) is 0 Å². The van der Waals surface area contributed by atoms with E-state index in [0.29, 0.717) is 5.92 Å². The lowest BCUT2D eigenvalue weighted by Gasteiger charge is -2.54. The van der Waals surface area contributed by atoms with E-state index in [0.717, 1.165) is 13.2 Å². The van der Waals surface area contributed by atoms with Gasteiger partial charge in [-0.3, -0.25) is 0 Å². The largest absolute Gasteiger partial charge is 0.384 e. The van der Waals surface area contributed by atoms with Gasteiger partial charge in [-0.05, 0) is 23.2 Å². The van der Waals surface area contributed by atoms with Gasteiger partial charge in [0, 0.05) is 19.6 Å². The minimum Gasteiger partial charge on any atom is -0.384 e. The summed E-state index contributed by atoms with van der Waals surface area (Å²) >= 11 is 0. The van der Waals surface area contributed by atoms with Gasteiger partial charge in [0.15, 0.2) is 0 Å². The van der Waals surface area contributed by atoms with Crippen LogP contribution in [-0.4, -0.2) is 27.4 Å². The summed E-state index contributed by atoms with van der Waals surface area (Å²) in [6.07, 6.45) is 9.39. The molecule has 0 saturated carbocycles. The van der Waals surface area contributed by atoms with E-state index in [1.54, 1.807) is 0 Å². The van der Waals surface area contributed by atoms with E-state index in [9.17, 15) is 0 Å². The minimum absolute atomic E-state index is 0.0398. The van der Waals surface area contributed by atoms with Crippen molar-refractivity contribution in [2.24, 2.45) is 22.2 Å². The fraction of sp³-hybridized carbons (Fsp3) is 1.00. The van der Waals surface area contributed by atoms with E-state index in [4.69, 9.17) is 9.47 Å². The Kier molecular flexibility index (Phi) is 10.8. The Morgan fingerprint density at radius 2 is 1.17 bits per heavy atom. The Morgan fingerprint density at radius 1 is 0.708 bits per heavy atom. The third-order valence-corrected chi connectivity index (χ3v) is 5.86. The van der Waals surface area contributed by atoms with Gasteiger partial charge in [0.05, 0.1) is 13.2 Å². The van der Waals surface area contributed by atoms with E-state index in [-0.39, 0.29) is 16.2 Å². The first-order valence-corrected chi connectivity index (χ1v) is 10.0. The van der Waals surface area contributed by atoms with Gasteiger partial charge < -0.3 is 9.47 Å². The molecule has 0 amide bonds. The summed E-state index contributed by atoms with van der Waals surface area (Å²) in [6, 6.07) is 0. The number of ether oxygens (including phenoxy) is 2. The number of unbranched alkanes of at least 4 members (excludes halogenated alkanes) is 5. The first kappa shape index (κ1) is 23.9. The van der Waals surface area contributed by atoms with E-state index < -0.39 is 0 Å². The Hall–Kier alpha value is -0.0800. The second kappa shape index (κ2) is 10.8. The van der Waals surface area contributed by atoms with Crippen LogP contribution in [0.15, 0.2) is 0 Å².